The predicted molar refractivity (Wildman–Crippen MR) is 159 cm³/mol. The van der Waals surface area contributed by atoms with Gasteiger partial charge in [-0.25, -0.2) is 9.59 Å². The fourth-order valence-electron chi connectivity index (χ4n) is 6.50. The molecule has 1 aromatic carbocycles. The van der Waals surface area contributed by atoms with E-state index in [9.17, 15) is 14.4 Å². The SMILES string of the molecule is CC(Cc1ccc(-n2ccc(NC(=O)N3CCN(C(=O)C(C)(C)N)CC3)nc2=O)cc1)N1CC2CCC(N)CC2C1. The summed E-state index contributed by atoms with van der Waals surface area (Å²) in [6.07, 6.45) is 6.14. The second-order valence-electron chi connectivity index (χ2n) is 12.7. The number of nitrogens with two attached hydrogens (primary N) is 2. The van der Waals surface area contributed by atoms with Crippen LogP contribution in [0.3, 0.4) is 0 Å². The van der Waals surface area contributed by atoms with Gasteiger partial charge in [0.25, 0.3) is 0 Å². The number of benzene rings is 1. The van der Waals surface area contributed by atoms with Gasteiger partial charge in [0.05, 0.1) is 11.2 Å². The first kappa shape index (κ1) is 29.2. The number of rotatable bonds is 6. The van der Waals surface area contributed by atoms with Gasteiger partial charge in [-0.2, -0.15) is 4.98 Å². The van der Waals surface area contributed by atoms with Crippen LogP contribution in [0.25, 0.3) is 5.69 Å². The van der Waals surface area contributed by atoms with Crippen molar-refractivity contribution in [3.63, 3.8) is 0 Å². The minimum atomic E-state index is -0.946. The monoisotopic (exact) mass is 564 g/mol. The minimum Gasteiger partial charge on any atom is -0.338 e. The number of hydrogen-bond donors (Lipinski definition) is 3. The number of urea groups is 1. The standard InChI is InChI=1S/C30H44N8O3/c1-20(37-18-22-6-7-24(31)17-23(22)19-37)16-21-4-8-25(9-5-21)38-11-10-26(34-29(38)41)33-28(40)36-14-12-35(13-15-36)27(39)30(2,3)32/h4-5,8-11,20,22-24H,6-7,12-19,31-32H2,1-3H3,(H,33,34,40,41). The van der Waals surface area contributed by atoms with E-state index in [0.717, 1.165) is 43.3 Å². The molecule has 2 aliphatic heterocycles. The van der Waals surface area contributed by atoms with Crippen molar-refractivity contribution < 1.29 is 9.59 Å². The van der Waals surface area contributed by atoms with Crippen molar-refractivity contribution in [3.8, 4) is 5.69 Å². The van der Waals surface area contributed by atoms with Gasteiger partial charge in [0.2, 0.25) is 5.91 Å². The molecule has 5 N–H and O–H groups in total. The van der Waals surface area contributed by atoms with Crippen LogP contribution in [0.4, 0.5) is 10.6 Å². The lowest BCUT2D eigenvalue weighted by atomic mass is 9.79. The quantitative estimate of drug-likeness (QED) is 0.484. The van der Waals surface area contributed by atoms with Crippen molar-refractivity contribution in [2.75, 3.05) is 44.6 Å². The van der Waals surface area contributed by atoms with Crippen molar-refractivity contribution in [2.24, 2.45) is 23.3 Å². The summed E-state index contributed by atoms with van der Waals surface area (Å²) in [4.78, 5) is 47.9. The lowest BCUT2D eigenvalue weighted by Crippen LogP contribution is -2.58. The molecular formula is C30H44N8O3. The van der Waals surface area contributed by atoms with Gasteiger partial charge in [-0.05, 0) is 82.1 Å². The van der Waals surface area contributed by atoms with Crippen LogP contribution in [0.2, 0.25) is 0 Å². The van der Waals surface area contributed by atoms with E-state index in [1.54, 1.807) is 35.9 Å². The molecule has 3 amide bonds. The van der Waals surface area contributed by atoms with Gasteiger partial charge in [-0.3, -0.25) is 19.6 Å². The number of likely N-dealkylation sites (tertiary alicyclic amines) is 1. The topological polar surface area (TPSA) is 143 Å². The summed E-state index contributed by atoms with van der Waals surface area (Å²) in [6, 6.07) is 10.1. The first-order chi connectivity index (χ1) is 19.5. The van der Waals surface area contributed by atoms with Crippen LogP contribution in [0.15, 0.2) is 41.3 Å². The van der Waals surface area contributed by atoms with Crippen molar-refractivity contribution in [2.45, 2.75) is 64.1 Å². The molecule has 5 rings (SSSR count). The van der Waals surface area contributed by atoms with Crippen LogP contribution in [-0.4, -0.2) is 93.1 Å². The lowest BCUT2D eigenvalue weighted by Gasteiger charge is -2.37. The van der Waals surface area contributed by atoms with Gasteiger partial charge in [-0.15, -0.1) is 0 Å². The number of amides is 3. The zero-order valence-corrected chi connectivity index (χ0v) is 24.5. The van der Waals surface area contributed by atoms with E-state index in [1.165, 1.54) is 23.1 Å². The fraction of sp³-hybridized carbons (Fsp3) is 0.600. The molecule has 1 saturated carbocycles. The summed E-state index contributed by atoms with van der Waals surface area (Å²) in [6.45, 7) is 9.53. The van der Waals surface area contributed by atoms with Crippen molar-refractivity contribution in [1.29, 1.82) is 0 Å². The molecule has 3 heterocycles. The highest BCUT2D eigenvalue weighted by Gasteiger charge is 2.38. The summed E-state index contributed by atoms with van der Waals surface area (Å²) in [7, 11) is 0. The second-order valence-corrected chi connectivity index (χ2v) is 12.7. The largest absolute Gasteiger partial charge is 0.354 e. The number of carbonyl (C=O) groups is 2. The van der Waals surface area contributed by atoms with Crippen LogP contribution in [0, 0.1) is 11.8 Å². The molecule has 41 heavy (non-hydrogen) atoms. The highest BCUT2D eigenvalue weighted by molar-refractivity contribution is 5.89. The van der Waals surface area contributed by atoms with E-state index in [4.69, 9.17) is 11.5 Å². The second kappa shape index (κ2) is 11.9. The van der Waals surface area contributed by atoms with Gasteiger partial charge in [0.15, 0.2) is 0 Å². The summed E-state index contributed by atoms with van der Waals surface area (Å²) in [5.41, 5.74) is 12.7. The number of carbonyl (C=O) groups excluding carboxylic acids is 2. The van der Waals surface area contributed by atoms with Gasteiger partial charge in [0, 0.05) is 57.5 Å². The first-order valence-electron chi connectivity index (χ1n) is 14.8. The van der Waals surface area contributed by atoms with E-state index < -0.39 is 11.2 Å². The summed E-state index contributed by atoms with van der Waals surface area (Å²) < 4.78 is 1.47. The van der Waals surface area contributed by atoms with E-state index in [2.05, 4.69) is 34.3 Å². The molecule has 1 aliphatic carbocycles. The average molecular weight is 565 g/mol. The van der Waals surface area contributed by atoms with Crippen LogP contribution < -0.4 is 22.5 Å². The molecule has 1 aromatic heterocycles. The minimum absolute atomic E-state index is 0.139. The molecule has 3 fully saturated rings. The maximum absolute atomic E-state index is 12.8. The smallest absolute Gasteiger partial charge is 0.338 e. The zero-order valence-electron chi connectivity index (χ0n) is 24.5. The van der Waals surface area contributed by atoms with Gasteiger partial charge < -0.3 is 21.3 Å². The van der Waals surface area contributed by atoms with Crippen molar-refractivity contribution >= 4 is 17.8 Å². The maximum Gasteiger partial charge on any atom is 0.354 e. The summed E-state index contributed by atoms with van der Waals surface area (Å²) in [5, 5.41) is 2.71. The number of nitrogens with zero attached hydrogens (tertiary/aromatic N) is 5. The Bertz CT molecular complexity index is 1300. The van der Waals surface area contributed by atoms with E-state index in [1.807, 2.05) is 12.1 Å². The van der Waals surface area contributed by atoms with Crippen LogP contribution in [0.5, 0.6) is 0 Å². The number of nitrogens with one attached hydrogen (secondary N) is 1. The zero-order chi connectivity index (χ0) is 29.3. The third kappa shape index (κ3) is 6.79. The lowest BCUT2D eigenvalue weighted by molar-refractivity contribution is -0.137. The number of anilines is 1. The Balaban J connectivity index is 1.14. The van der Waals surface area contributed by atoms with E-state index >= 15 is 0 Å². The normalized spacial score (nSPS) is 24.2. The molecule has 222 valence electrons. The third-order valence-corrected chi connectivity index (χ3v) is 8.93. The highest BCUT2D eigenvalue weighted by atomic mass is 16.2. The van der Waals surface area contributed by atoms with Gasteiger partial charge in [0.1, 0.15) is 5.82 Å². The van der Waals surface area contributed by atoms with Gasteiger partial charge in [-0.1, -0.05) is 12.1 Å². The van der Waals surface area contributed by atoms with Crippen LogP contribution >= 0.6 is 0 Å². The Hall–Kier alpha value is -3.28. The predicted octanol–water partition coefficient (Wildman–Crippen LogP) is 1.64. The Morgan fingerprint density at radius 3 is 2.34 bits per heavy atom. The van der Waals surface area contributed by atoms with E-state index in [-0.39, 0.29) is 17.8 Å². The van der Waals surface area contributed by atoms with Crippen LogP contribution in [0.1, 0.15) is 45.6 Å². The molecule has 0 spiro atoms. The van der Waals surface area contributed by atoms with Crippen LogP contribution in [-0.2, 0) is 11.2 Å². The molecule has 4 unspecified atom stereocenters. The molecule has 0 bridgehead atoms. The van der Waals surface area contributed by atoms with Gasteiger partial charge >= 0.3 is 11.7 Å². The Labute approximate surface area is 241 Å². The molecule has 4 atom stereocenters. The fourth-order valence-corrected chi connectivity index (χ4v) is 6.50. The molecule has 0 radical (unpaired) electrons. The number of hydrogen-bond acceptors (Lipinski definition) is 7. The summed E-state index contributed by atoms with van der Waals surface area (Å²) >= 11 is 0. The number of aromatic nitrogens is 2. The molecule has 3 aliphatic rings. The number of piperazine rings is 1. The van der Waals surface area contributed by atoms with Crippen molar-refractivity contribution in [1.82, 2.24) is 24.3 Å². The summed E-state index contributed by atoms with van der Waals surface area (Å²) in [5.74, 6) is 1.58. The Morgan fingerprint density at radius 1 is 1.02 bits per heavy atom. The number of fused-ring (bicyclic) bond motifs is 1. The molecular weight excluding hydrogens is 520 g/mol. The molecule has 2 saturated heterocycles. The average Bonchev–Trinajstić information content (AvgIpc) is 3.36. The molecule has 11 heteroatoms. The van der Waals surface area contributed by atoms with Crippen molar-refractivity contribution in [3.05, 3.63) is 52.6 Å². The third-order valence-electron chi connectivity index (χ3n) is 8.93. The first-order valence-corrected chi connectivity index (χ1v) is 14.8. The molecule has 2 aromatic rings. The van der Waals surface area contributed by atoms with E-state index in [0.29, 0.717) is 38.3 Å². The highest BCUT2D eigenvalue weighted by Crippen LogP contribution is 2.36. The Morgan fingerprint density at radius 2 is 1.68 bits per heavy atom. The maximum atomic E-state index is 12.8. The molecule has 11 nitrogen and oxygen atoms in total. The Kier molecular flexibility index (Phi) is 8.49.